The maximum absolute atomic E-state index is 12.2. The molecule has 3 N–H and O–H groups in total. The second-order valence-corrected chi connectivity index (χ2v) is 6.29. The summed E-state index contributed by atoms with van der Waals surface area (Å²) in [5.74, 6) is -0.532. The van der Waals surface area contributed by atoms with Crippen LogP contribution in [0.15, 0.2) is 0 Å². The summed E-state index contributed by atoms with van der Waals surface area (Å²) >= 11 is 0. The molecular formula is C15H26N2O3. The molecule has 114 valence electrons. The number of rotatable bonds is 4. The van der Waals surface area contributed by atoms with Crippen LogP contribution < -0.4 is 10.6 Å². The van der Waals surface area contributed by atoms with Crippen LogP contribution in [0.1, 0.15) is 45.4 Å². The van der Waals surface area contributed by atoms with Gasteiger partial charge < -0.3 is 15.7 Å². The van der Waals surface area contributed by atoms with E-state index >= 15 is 0 Å². The fraction of sp³-hybridized carbons (Fsp3) is 0.867. The molecular weight excluding hydrogens is 256 g/mol. The molecule has 1 heterocycles. The van der Waals surface area contributed by atoms with Gasteiger partial charge in [-0.2, -0.15) is 0 Å². The molecule has 2 rings (SSSR count). The minimum Gasteiger partial charge on any atom is -0.481 e. The van der Waals surface area contributed by atoms with Crippen molar-refractivity contribution >= 4 is 11.9 Å². The topological polar surface area (TPSA) is 78.4 Å². The van der Waals surface area contributed by atoms with Crippen molar-refractivity contribution < 1.29 is 14.7 Å². The molecule has 5 heteroatoms. The predicted molar refractivity (Wildman–Crippen MR) is 76.3 cm³/mol. The smallest absolute Gasteiger partial charge is 0.306 e. The lowest BCUT2D eigenvalue weighted by molar-refractivity contribution is -0.145. The van der Waals surface area contributed by atoms with Crippen molar-refractivity contribution in [1.29, 1.82) is 0 Å². The molecule has 1 aliphatic heterocycles. The van der Waals surface area contributed by atoms with Crippen molar-refractivity contribution in [2.45, 2.75) is 51.5 Å². The predicted octanol–water partition coefficient (Wildman–Crippen LogP) is 1.38. The van der Waals surface area contributed by atoms with Gasteiger partial charge in [0.05, 0.1) is 12.0 Å². The summed E-state index contributed by atoms with van der Waals surface area (Å²) < 4.78 is 0. The molecule has 5 nitrogen and oxygen atoms in total. The van der Waals surface area contributed by atoms with Crippen molar-refractivity contribution in [3.05, 3.63) is 0 Å². The van der Waals surface area contributed by atoms with E-state index in [4.69, 9.17) is 0 Å². The Hall–Kier alpha value is -1.10. The van der Waals surface area contributed by atoms with Gasteiger partial charge in [0, 0.05) is 6.54 Å². The Morgan fingerprint density at radius 2 is 1.95 bits per heavy atom. The number of amides is 1. The summed E-state index contributed by atoms with van der Waals surface area (Å²) in [4.78, 5) is 23.4. The summed E-state index contributed by atoms with van der Waals surface area (Å²) in [6.07, 6.45) is 5.91. The standard InChI is InChI=1S/C15H26N2O3/c1-10-5-4-8-16-13(10)14(18)17-9-11-6-2-3-7-12(11)15(19)20/h10-13,16H,2-9H2,1H3,(H,17,18)(H,19,20). The van der Waals surface area contributed by atoms with Crippen molar-refractivity contribution in [3.63, 3.8) is 0 Å². The zero-order valence-corrected chi connectivity index (χ0v) is 12.2. The van der Waals surface area contributed by atoms with Gasteiger partial charge in [-0.15, -0.1) is 0 Å². The molecule has 0 aromatic heterocycles. The highest BCUT2D eigenvalue weighted by Gasteiger charge is 2.32. The number of nitrogens with one attached hydrogen (secondary N) is 2. The number of carbonyl (C=O) groups excluding carboxylic acids is 1. The van der Waals surface area contributed by atoms with Gasteiger partial charge in [0.2, 0.25) is 5.91 Å². The average Bonchev–Trinajstić information content (AvgIpc) is 2.45. The van der Waals surface area contributed by atoms with E-state index < -0.39 is 5.97 Å². The van der Waals surface area contributed by atoms with Crippen LogP contribution in [-0.4, -0.2) is 36.1 Å². The first kappa shape index (κ1) is 15.3. The Kier molecular flexibility index (Phi) is 5.40. The molecule has 0 radical (unpaired) electrons. The summed E-state index contributed by atoms with van der Waals surface area (Å²) in [7, 11) is 0. The molecule has 20 heavy (non-hydrogen) atoms. The van der Waals surface area contributed by atoms with Gasteiger partial charge in [-0.3, -0.25) is 9.59 Å². The van der Waals surface area contributed by atoms with E-state index in [1.54, 1.807) is 0 Å². The molecule has 2 aliphatic rings. The lowest BCUT2D eigenvalue weighted by Crippen LogP contribution is -2.52. The Labute approximate surface area is 120 Å². The van der Waals surface area contributed by atoms with E-state index in [1.165, 1.54) is 0 Å². The Morgan fingerprint density at radius 1 is 1.20 bits per heavy atom. The fourth-order valence-electron chi connectivity index (χ4n) is 3.52. The molecule has 0 bridgehead atoms. The van der Waals surface area contributed by atoms with Crippen LogP contribution in [0.2, 0.25) is 0 Å². The summed E-state index contributed by atoms with van der Waals surface area (Å²) in [6.45, 7) is 3.49. The van der Waals surface area contributed by atoms with Gasteiger partial charge in [-0.25, -0.2) is 0 Å². The minimum absolute atomic E-state index is 0.0342. The average molecular weight is 282 g/mol. The van der Waals surface area contributed by atoms with E-state index in [-0.39, 0.29) is 23.8 Å². The van der Waals surface area contributed by atoms with E-state index in [2.05, 4.69) is 17.6 Å². The number of hydrogen-bond donors (Lipinski definition) is 3. The van der Waals surface area contributed by atoms with Crippen LogP contribution in [-0.2, 0) is 9.59 Å². The molecule has 0 aromatic carbocycles. The summed E-state index contributed by atoms with van der Waals surface area (Å²) in [5.41, 5.74) is 0. The fourth-order valence-corrected chi connectivity index (χ4v) is 3.52. The van der Waals surface area contributed by atoms with Gasteiger partial charge in [-0.05, 0) is 44.1 Å². The van der Waals surface area contributed by atoms with Crippen LogP contribution in [0.25, 0.3) is 0 Å². The van der Waals surface area contributed by atoms with Gasteiger partial charge in [0.25, 0.3) is 0 Å². The molecule has 4 unspecified atom stereocenters. The summed E-state index contributed by atoms with van der Waals surface area (Å²) in [5, 5.41) is 15.5. The third-order valence-corrected chi connectivity index (χ3v) is 4.82. The van der Waals surface area contributed by atoms with Gasteiger partial charge in [0.15, 0.2) is 0 Å². The van der Waals surface area contributed by atoms with Crippen LogP contribution in [0.4, 0.5) is 0 Å². The zero-order chi connectivity index (χ0) is 14.5. The van der Waals surface area contributed by atoms with Gasteiger partial charge >= 0.3 is 5.97 Å². The third-order valence-electron chi connectivity index (χ3n) is 4.82. The monoisotopic (exact) mass is 282 g/mol. The van der Waals surface area contributed by atoms with E-state index in [9.17, 15) is 14.7 Å². The number of hydrogen-bond acceptors (Lipinski definition) is 3. The number of piperidine rings is 1. The molecule has 2 fully saturated rings. The zero-order valence-electron chi connectivity index (χ0n) is 12.2. The van der Waals surface area contributed by atoms with Crippen molar-refractivity contribution in [1.82, 2.24) is 10.6 Å². The molecule has 1 saturated heterocycles. The first-order chi connectivity index (χ1) is 9.59. The molecule has 4 atom stereocenters. The molecule has 0 aromatic rings. The maximum Gasteiger partial charge on any atom is 0.306 e. The minimum atomic E-state index is -0.715. The van der Waals surface area contributed by atoms with Crippen molar-refractivity contribution in [3.8, 4) is 0 Å². The lowest BCUT2D eigenvalue weighted by atomic mass is 9.79. The highest BCUT2D eigenvalue weighted by atomic mass is 16.4. The molecule has 1 saturated carbocycles. The Bertz CT molecular complexity index is 359. The second-order valence-electron chi connectivity index (χ2n) is 6.29. The lowest BCUT2D eigenvalue weighted by Gasteiger charge is -2.32. The maximum atomic E-state index is 12.2. The van der Waals surface area contributed by atoms with Gasteiger partial charge in [-0.1, -0.05) is 19.8 Å². The normalized spacial score (nSPS) is 34.5. The van der Waals surface area contributed by atoms with E-state index in [0.29, 0.717) is 12.5 Å². The third kappa shape index (κ3) is 3.72. The van der Waals surface area contributed by atoms with Crippen LogP contribution in [0.3, 0.4) is 0 Å². The molecule has 1 amide bonds. The summed E-state index contributed by atoms with van der Waals surface area (Å²) in [6, 6.07) is -0.115. The first-order valence-corrected chi connectivity index (χ1v) is 7.83. The number of aliphatic carboxylic acids is 1. The van der Waals surface area contributed by atoms with E-state index in [0.717, 1.165) is 45.1 Å². The molecule has 0 spiro atoms. The Balaban J connectivity index is 1.83. The van der Waals surface area contributed by atoms with Gasteiger partial charge in [0.1, 0.15) is 0 Å². The number of carbonyl (C=O) groups is 2. The van der Waals surface area contributed by atoms with Crippen LogP contribution >= 0.6 is 0 Å². The van der Waals surface area contributed by atoms with Crippen molar-refractivity contribution in [2.24, 2.45) is 17.8 Å². The highest BCUT2D eigenvalue weighted by molar-refractivity contribution is 5.82. The number of carboxylic acids is 1. The largest absolute Gasteiger partial charge is 0.481 e. The number of carboxylic acid groups (broad SMARTS) is 1. The van der Waals surface area contributed by atoms with Crippen molar-refractivity contribution in [2.75, 3.05) is 13.1 Å². The molecule has 1 aliphatic carbocycles. The SMILES string of the molecule is CC1CCCNC1C(=O)NCC1CCCCC1C(=O)O. The Morgan fingerprint density at radius 3 is 2.65 bits per heavy atom. The van der Waals surface area contributed by atoms with Crippen LogP contribution in [0, 0.1) is 17.8 Å². The van der Waals surface area contributed by atoms with Crippen LogP contribution in [0.5, 0.6) is 0 Å². The first-order valence-electron chi connectivity index (χ1n) is 7.83. The second kappa shape index (κ2) is 7.07. The quantitative estimate of drug-likeness (QED) is 0.728. The highest BCUT2D eigenvalue weighted by Crippen LogP contribution is 2.29. The van der Waals surface area contributed by atoms with E-state index in [1.807, 2.05) is 0 Å².